The first-order valence-corrected chi connectivity index (χ1v) is 35.3. The summed E-state index contributed by atoms with van der Waals surface area (Å²) in [4.78, 5) is 170. The molecule has 0 N–H and O–H groups in total. The number of rotatable bonds is 20. The summed E-state index contributed by atoms with van der Waals surface area (Å²) in [7, 11) is 0. The van der Waals surface area contributed by atoms with E-state index < -0.39 is 184 Å². The van der Waals surface area contributed by atoms with Crippen LogP contribution in [0.2, 0.25) is 0 Å². The van der Waals surface area contributed by atoms with Gasteiger partial charge in [-0.25, -0.2) is 9.98 Å². The van der Waals surface area contributed by atoms with E-state index in [2.05, 4.69) is 0 Å². The van der Waals surface area contributed by atoms with Crippen LogP contribution in [0.4, 0.5) is 0 Å². The number of fused-ring (bicyclic) bond motifs is 9. The molecule has 506 valence electrons. The molecule has 0 amide bonds. The Balaban J connectivity index is 1.03. The second-order valence-corrected chi connectivity index (χ2v) is 28.2. The highest BCUT2D eigenvalue weighted by atomic mass is 32.1. The second-order valence-electron chi connectivity index (χ2n) is 26.1. The third-order valence-corrected chi connectivity index (χ3v) is 22.7. The smallest absolute Gasteiger partial charge is 0.334 e. The Morgan fingerprint density at radius 3 is 0.762 bits per heavy atom. The van der Waals surface area contributed by atoms with Gasteiger partial charge < -0.3 is 28.4 Å². The van der Waals surface area contributed by atoms with Crippen molar-refractivity contribution < 1.29 is 76.4 Å². The Hall–Kier alpha value is -11.0. The molecule has 0 aliphatic heterocycles. The maximum absolute atomic E-state index is 17.2. The molecule has 4 unspecified atom stereocenters. The highest BCUT2D eigenvalue weighted by molar-refractivity contribution is 7.24. The maximum Gasteiger partial charge on any atom is 0.334 e. The summed E-state index contributed by atoms with van der Waals surface area (Å²) in [6.45, 7) is -2.98. The zero-order valence-electron chi connectivity index (χ0n) is 54.4. The standard InChI is InChI=1S/C81H64N2O16S2/c84-67-53-35-19-20-36-54(53)68(85)65(67)82-59-39-57-61(79(59,73(88)94-41-47-23-7-1-8-24-47)74(89)95-42-48-25-9-2-10-26-48)63-71(100-57)72-64(81(63,77(92)98-45-51-31-15-5-16-32-51)78(93)99-46-52-33-17-6-18-34-52)62-58(101-72)40-60(83-66-69(86)55-37-21-22-38-56(55)70(66)87)80(62,75(90)96-43-49-27-11-3-12-28-49)76(91)97-44-50-29-13-4-14-30-50/h1-18,23-34,39-40,53-56H,19-22,35-38,41-46H2. The van der Waals surface area contributed by atoms with Crippen LogP contribution in [0.15, 0.2) is 203 Å². The van der Waals surface area contributed by atoms with Crippen molar-refractivity contribution in [3.05, 3.63) is 259 Å². The van der Waals surface area contributed by atoms with E-state index in [0.29, 0.717) is 84.7 Å². The van der Waals surface area contributed by atoms with Gasteiger partial charge in [0.2, 0.25) is 16.2 Å². The van der Waals surface area contributed by atoms with Gasteiger partial charge in [-0.2, -0.15) is 0 Å². The van der Waals surface area contributed by atoms with E-state index in [0.717, 1.165) is 22.7 Å². The van der Waals surface area contributed by atoms with E-state index in [9.17, 15) is 19.2 Å². The predicted octanol–water partition coefficient (Wildman–Crippen LogP) is 12.5. The lowest BCUT2D eigenvalue weighted by Gasteiger charge is -2.35. The minimum atomic E-state index is -3.19. The van der Waals surface area contributed by atoms with Crippen molar-refractivity contribution in [2.45, 2.75) is 107 Å². The molecule has 101 heavy (non-hydrogen) atoms. The number of nitrogens with zero attached hydrogens (tertiary/aromatic N) is 2. The lowest BCUT2D eigenvalue weighted by Crippen LogP contribution is -2.53. The fourth-order valence-corrected chi connectivity index (χ4v) is 18.2. The Bertz CT molecular complexity index is 4380. The number of benzene rings is 6. The topological polar surface area (TPSA) is 251 Å². The number of carbonyl (C=O) groups is 10. The minimum absolute atomic E-state index is 0.0199. The van der Waals surface area contributed by atoms with Crippen LogP contribution in [0.3, 0.4) is 0 Å². The normalized spacial score (nSPS) is 19.8. The van der Waals surface area contributed by atoms with E-state index >= 15 is 28.8 Å². The molecule has 18 nitrogen and oxygen atoms in total. The van der Waals surface area contributed by atoms with Gasteiger partial charge in [-0.05, 0) is 71.2 Å². The zero-order chi connectivity index (χ0) is 69.6. The molecule has 4 atom stereocenters. The molecule has 4 saturated carbocycles. The van der Waals surface area contributed by atoms with Crippen molar-refractivity contribution >= 4 is 105 Å². The number of Topliss-reactive ketones (excluding diaryl/α,β-unsaturated/α-hetero) is 4. The third kappa shape index (κ3) is 11.2. The monoisotopic (exact) mass is 1380 g/mol. The molecule has 0 radical (unpaired) electrons. The summed E-state index contributed by atoms with van der Waals surface area (Å²) in [5.41, 5.74) is -10.3. The average Bonchev–Trinajstić information content (AvgIpc) is 1.48. The van der Waals surface area contributed by atoms with Crippen LogP contribution in [0.5, 0.6) is 0 Å². The summed E-state index contributed by atoms with van der Waals surface area (Å²) in [5.74, 6) is -13.5. The van der Waals surface area contributed by atoms with Crippen molar-refractivity contribution in [3.63, 3.8) is 0 Å². The molecule has 7 aliphatic rings. The van der Waals surface area contributed by atoms with Gasteiger partial charge in [-0.1, -0.05) is 208 Å². The number of carbonyl (C=O) groups excluding carboxylic acids is 10. The number of hydrogen-bond acceptors (Lipinski definition) is 20. The highest BCUT2D eigenvalue weighted by Crippen LogP contribution is 2.68. The fourth-order valence-electron chi connectivity index (χ4n) is 15.4. The fraction of sp³-hybridized carbons (Fsp3) is 0.259. The number of ether oxygens (including phenoxy) is 6. The van der Waals surface area contributed by atoms with Gasteiger partial charge in [0.25, 0.3) is 0 Å². The molecule has 0 bridgehead atoms. The Morgan fingerprint density at radius 2 is 0.535 bits per heavy atom. The highest BCUT2D eigenvalue weighted by Gasteiger charge is 2.73. The van der Waals surface area contributed by atoms with Crippen LogP contribution in [0, 0.1) is 23.7 Å². The van der Waals surface area contributed by atoms with Gasteiger partial charge in [0.1, 0.15) is 51.1 Å². The molecule has 2 aromatic heterocycles. The zero-order valence-corrected chi connectivity index (χ0v) is 56.1. The number of hydrogen-bond donors (Lipinski definition) is 0. The van der Waals surface area contributed by atoms with Crippen LogP contribution in [-0.2, 0) is 132 Å². The molecule has 20 heteroatoms. The number of thiophene rings is 2. The van der Waals surface area contributed by atoms with Crippen LogP contribution < -0.4 is 0 Å². The summed E-state index contributed by atoms with van der Waals surface area (Å²) < 4.78 is 38.5. The second kappa shape index (κ2) is 27.3. The van der Waals surface area contributed by atoms with Crippen molar-refractivity contribution in [1.82, 2.24) is 0 Å². The molecular weight excluding hydrogens is 1320 g/mol. The molecule has 8 aromatic rings. The van der Waals surface area contributed by atoms with E-state index in [1.54, 1.807) is 182 Å². The number of esters is 6. The van der Waals surface area contributed by atoms with Gasteiger partial charge in [0, 0.05) is 55.7 Å². The van der Waals surface area contributed by atoms with Crippen molar-refractivity contribution in [3.8, 4) is 9.75 Å². The molecule has 0 saturated heterocycles. The van der Waals surface area contributed by atoms with Crippen LogP contribution >= 0.6 is 22.7 Å². The van der Waals surface area contributed by atoms with Crippen LogP contribution in [-0.4, -0.2) is 70.4 Å². The van der Waals surface area contributed by atoms with Crippen molar-refractivity contribution in [2.75, 3.05) is 0 Å². The quantitative estimate of drug-likeness (QED) is 0.0391. The SMILES string of the molecule is O=C1C(=NC2=Cc3sc4c(c3C2(C(=O)OCc2ccccc2)C(=O)OCc2ccccc2)C(C(=O)OCc2ccccc2)(C(=O)OCc2ccccc2)c2c-4sc3c2C(C(=O)OCc2ccccc2)(C(=O)OCc2ccccc2)C(N=C2C(=O)C4CCCCC4C2=O)=C3)C(=O)C2CCCCC12. The molecule has 7 aliphatic carbocycles. The van der Waals surface area contributed by atoms with Gasteiger partial charge in [0.15, 0.2) is 23.1 Å². The molecule has 6 aromatic carbocycles. The van der Waals surface area contributed by atoms with Crippen molar-refractivity contribution in [1.29, 1.82) is 0 Å². The first-order chi connectivity index (χ1) is 49.2. The van der Waals surface area contributed by atoms with E-state index in [4.69, 9.17) is 38.4 Å². The average molecular weight is 1390 g/mol. The Labute approximate surface area is 587 Å². The van der Waals surface area contributed by atoms with E-state index in [1.165, 1.54) is 12.2 Å². The maximum atomic E-state index is 17.2. The lowest BCUT2D eigenvalue weighted by atomic mass is 9.67. The van der Waals surface area contributed by atoms with Crippen LogP contribution in [0.25, 0.3) is 21.9 Å². The van der Waals surface area contributed by atoms with Gasteiger partial charge in [-0.15, -0.1) is 22.7 Å². The first kappa shape index (κ1) is 65.9. The molecule has 15 rings (SSSR count). The largest absolute Gasteiger partial charge is 0.459 e. The predicted molar refractivity (Wildman–Crippen MR) is 371 cm³/mol. The van der Waals surface area contributed by atoms with E-state index in [-0.39, 0.29) is 19.5 Å². The molecule has 0 spiro atoms. The Kier molecular flexibility index (Phi) is 17.8. The molecule has 4 fully saturated rings. The van der Waals surface area contributed by atoms with Gasteiger partial charge >= 0.3 is 35.8 Å². The summed E-state index contributed by atoms with van der Waals surface area (Å²) in [5, 5.41) is 0. The number of aliphatic imine (C=N–C) groups is 2. The van der Waals surface area contributed by atoms with Crippen molar-refractivity contribution in [2.24, 2.45) is 33.7 Å². The number of ketones is 4. The minimum Gasteiger partial charge on any atom is -0.459 e. The first-order valence-electron chi connectivity index (χ1n) is 33.7. The molecule has 2 heterocycles. The van der Waals surface area contributed by atoms with Crippen LogP contribution in [0.1, 0.15) is 117 Å². The Morgan fingerprint density at radius 1 is 0.317 bits per heavy atom. The lowest BCUT2D eigenvalue weighted by molar-refractivity contribution is -0.168. The molecular formula is C81H64N2O16S2. The van der Waals surface area contributed by atoms with Gasteiger partial charge in [-0.3, -0.25) is 47.9 Å². The van der Waals surface area contributed by atoms with Gasteiger partial charge in [0.05, 0.1) is 21.1 Å². The summed E-state index contributed by atoms with van der Waals surface area (Å²) in [6.07, 6.45) is 6.92. The third-order valence-electron chi connectivity index (χ3n) is 20.3. The summed E-state index contributed by atoms with van der Waals surface area (Å²) in [6, 6.07) is 51.2. The van der Waals surface area contributed by atoms with E-state index in [1.807, 2.05) is 0 Å². The summed E-state index contributed by atoms with van der Waals surface area (Å²) >= 11 is 1.78.